The smallest absolute Gasteiger partial charge is 0.358 e. The molecule has 0 radical (unpaired) electrons. The number of aromatic nitrogens is 2. The molecule has 10 heteroatoms. The summed E-state index contributed by atoms with van der Waals surface area (Å²) in [6, 6.07) is 7.91. The molecular weight excluding hydrogens is 382 g/mol. The lowest BCUT2D eigenvalue weighted by Gasteiger charge is -2.07. The molecule has 0 saturated heterocycles. The van der Waals surface area contributed by atoms with Gasteiger partial charge in [0.25, 0.3) is 11.5 Å². The van der Waals surface area contributed by atoms with Gasteiger partial charge in [0.1, 0.15) is 0 Å². The molecule has 2 aromatic heterocycles. The lowest BCUT2D eigenvalue weighted by Crippen LogP contribution is -2.16. The van der Waals surface area contributed by atoms with Crippen LogP contribution >= 0.6 is 22.9 Å². The van der Waals surface area contributed by atoms with Gasteiger partial charge in [-0.25, -0.2) is 9.78 Å². The zero-order valence-corrected chi connectivity index (χ0v) is 14.4. The summed E-state index contributed by atoms with van der Waals surface area (Å²) in [6.45, 7) is 0. The van der Waals surface area contributed by atoms with Crippen molar-refractivity contribution in [1.29, 1.82) is 0 Å². The number of thiophene rings is 1. The number of halogens is 1. The van der Waals surface area contributed by atoms with E-state index in [0.717, 1.165) is 11.3 Å². The van der Waals surface area contributed by atoms with E-state index in [1.165, 1.54) is 6.07 Å². The average molecular weight is 392 g/mol. The van der Waals surface area contributed by atoms with Crippen molar-refractivity contribution in [3.05, 3.63) is 62.3 Å². The quantitative estimate of drug-likeness (QED) is 0.540. The van der Waals surface area contributed by atoms with Crippen LogP contribution < -0.4 is 10.9 Å². The van der Waals surface area contributed by atoms with E-state index >= 15 is 0 Å². The third-order valence-corrected chi connectivity index (χ3v) is 4.47. The van der Waals surface area contributed by atoms with Gasteiger partial charge >= 0.3 is 5.97 Å². The molecule has 3 aromatic rings. The summed E-state index contributed by atoms with van der Waals surface area (Å²) in [7, 11) is 0. The van der Waals surface area contributed by atoms with E-state index in [0.29, 0.717) is 21.2 Å². The molecule has 0 saturated carbocycles. The molecule has 0 fully saturated rings. The van der Waals surface area contributed by atoms with Gasteiger partial charge in [0.05, 0.1) is 10.6 Å². The lowest BCUT2D eigenvalue weighted by molar-refractivity contribution is 0.0686. The molecule has 4 N–H and O–H groups in total. The van der Waals surface area contributed by atoms with Crippen molar-refractivity contribution in [1.82, 2.24) is 9.97 Å². The highest BCUT2D eigenvalue weighted by Crippen LogP contribution is 2.32. The van der Waals surface area contributed by atoms with Crippen LogP contribution in [0.5, 0.6) is 5.75 Å². The van der Waals surface area contributed by atoms with E-state index in [-0.39, 0.29) is 5.82 Å². The maximum atomic E-state index is 12.4. The van der Waals surface area contributed by atoms with Gasteiger partial charge in [0, 0.05) is 10.6 Å². The number of aromatic amines is 1. The first-order chi connectivity index (χ1) is 12.4. The Morgan fingerprint density at radius 1 is 1.27 bits per heavy atom. The molecule has 3 rings (SSSR count). The minimum Gasteiger partial charge on any atom is -0.501 e. The van der Waals surface area contributed by atoms with Crippen LogP contribution in [0.3, 0.4) is 0 Å². The highest BCUT2D eigenvalue weighted by Gasteiger charge is 2.20. The minimum absolute atomic E-state index is 0.0819. The fraction of sp³-hybridized carbons (Fsp3) is 0. The first-order valence-corrected chi connectivity index (χ1v) is 8.34. The molecule has 0 unspecified atom stereocenters. The van der Waals surface area contributed by atoms with Crippen molar-refractivity contribution in [2.24, 2.45) is 0 Å². The minimum atomic E-state index is -1.55. The fourth-order valence-electron chi connectivity index (χ4n) is 2.14. The monoisotopic (exact) mass is 391 g/mol. The molecule has 132 valence electrons. The Morgan fingerprint density at radius 2 is 2.04 bits per heavy atom. The number of hydrogen-bond acceptors (Lipinski definition) is 6. The number of carbonyl (C=O) groups excluding carboxylic acids is 1. The Bertz CT molecular complexity index is 1080. The Morgan fingerprint density at radius 3 is 2.73 bits per heavy atom. The second-order valence-electron chi connectivity index (χ2n) is 5.04. The molecule has 8 nitrogen and oxygen atoms in total. The Balaban J connectivity index is 1.98. The normalized spacial score (nSPS) is 10.5. The number of aromatic carboxylic acids is 1. The third-order valence-electron chi connectivity index (χ3n) is 3.31. The van der Waals surface area contributed by atoms with Crippen LogP contribution in [-0.2, 0) is 0 Å². The topological polar surface area (TPSA) is 132 Å². The standard InChI is InChI=1S/C16H10ClN3O5S/c17-8-3-1-2-7(6-8)14(22)18-9-4-5-26-12(9)13-19-10(16(24)25)11(21)15(23)20-13/h1-6,21H,(H,18,22)(H,24,25)(H,19,20,23). The first-order valence-electron chi connectivity index (χ1n) is 7.08. The maximum absolute atomic E-state index is 12.4. The highest BCUT2D eigenvalue weighted by atomic mass is 35.5. The summed E-state index contributed by atoms with van der Waals surface area (Å²) < 4.78 is 0. The fourth-order valence-corrected chi connectivity index (χ4v) is 3.12. The number of carboxylic acids is 1. The molecule has 0 atom stereocenters. The van der Waals surface area contributed by atoms with Gasteiger partial charge in [-0.15, -0.1) is 11.3 Å². The van der Waals surface area contributed by atoms with E-state index in [1.54, 1.807) is 29.6 Å². The van der Waals surface area contributed by atoms with Crippen LogP contribution in [0, 0.1) is 0 Å². The van der Waals surface area contributed by atoms with E-state index in [2.05, 4.69) is 15.3 Å². The molecule has 0 aliphatic carbocycles. The van der Waals surface area contributed by atoms with Crippen molar-refractivity contribution in [3.8, 4) is 16.5 Å². The van der Waals surface area contributed by atoms with Crippen LogP contribution in [0.2, 0.25) is 5.02 Å². The number of hydrogen-bond donors (Lipinski definition) is 4. The number of anilines is 1. The summed E-state index contributed by atoms with van der Waals surface area (Å²) in [4.78, 5) is 41.6. The van der Waals surface area contributed by atoms with E-state index < -0.39 is 28.9 Å². The number of H-pyrrole nitrogens is 1. The Hall–Kier alpha value is -3.17. The predicted octanol–water partition coefficient (Wildman–Crippen LogP) is 2.81. The average Bonchev–Trinajstić information content (AvgIpc) is 3.05. The summed E-state index contributed by atoms with van der Waals surface area (Å²) in [5, 5.41) is 23.3. The summed E-state index contributed by atoms with van der Waals surface area (Å²) >= 11 is 7.00. The van der Waals surface area contributed by atoms with Crippen molar-refractivity contribution in [2.75, 3.05) is 5.32 Å². The summed E-state index contributed by atoms with van der Waals surface area (Å²) in [6.07, 6.45) is 0. The van der Waals surface area contributed by atoms with Crippen molar-refractivity contribution < 1.29 is 19.8 Å². The highest BCUT2D eigenvalue weighted by molar-refractivity contribution is 7.14. The second-order valence-corrected chi connectivity index (χ2v) is 6.40. The molecule has 0 aliphatic rings. The van der Waals surface area contributed by atoms with Crippen molar-refractivity contribution in [2.45, 2.75) is 0 Å². The molecule has 1 amide bonds. The zero-order chi connectivity index (χ0) is 18.8. The largest absolute Gasteiger partial charge is 0.501 e. The molecule has 1 aromatic carbocycles. The molecule has 0 aliphatic heterocycles. The maximum Gasteiger partial charge on any atom is 0.358 e. The molecule has 2 heterocycles. The number of nitrogens with zero attached hydrogens (tertiary/aromatic N) is 1. The van der Waals surface area contributed by atoms with Crippen LogP contribution in [0.25, 0.3) is 10.7 Å². The lowest BCUT2D eigenvalue weighted by atomic mass is 10.2. The second kappa shape index (κ2) is 6.98. The first kappa shape index (κ1) is 17.6. The van der Waals surface area contributed by atoms with Crippen LogP contribution in [0.15, 0.2) is 40.5 Å². The number of carboxylic acid groups (broad SMARTS) is 1. The number of amides is 1. The van der Waals surface area contributed by atoms with Gasteiger partial charge in [-0.1, -0.05) is 17.7 Å². The number of aromatic hydroxyl groups is 1. The Labute approximate surface area is 154 Å². The zero-order valence-electron chi connectivity index (χ0n) is 12.8. The molecule has 0 spiro atoms. The SMILES string of the molecule is O=C(Nc1ccsc1-c1nc(C(=O)O)c(O)c(=O)[nH]1)c1cccc(Cl)c1. The molecular formula is C16H10ClN3O5S. The Kier molecular flexibility index (Phi) is 4.74. The van der Waals surface area contributed by atoms with Gasteiger partial charge in [-0.3, -0.25) is 9.59 Å². The predicted molar refractivity (Wildman–Crippen MR) is 96.2 cm³/mol. The van der Waals surface area contributed by atoms with Gasteiger partial charge in [-0.2, -0.15) is 0 Å². The van der Waals surface area contributed by atoms with E-state index in [9.17, 15) is 19.5 Å². The van der Waals surface area contributed by atoms with Gasteiger partial charge < -0.3 is 20.5 Å². The van der Waals surface area contributed by atoms with Crippen LogP contribution in [-0.4, -0.2) is 32.1 Å². The number of carbonyl (C=O) groups is 2. The van der Waals surface area contributed by atoms with Crippen LogP contribution in [0.4, 0.5) is 5.69 Å². The van der Waals surface area contributed by atoms with Crippen molar-refractivity contribution >= 4 is 40.5 Å². The number of rotatable bonds is 4. The molecule has 0 bridgehead atoms. The van der Waals surface area contributed by atoms with Gasteiger partial charge in [-0.05, 0) is 29.6 Å². The van der Waals surface area contributed by atoms with E-state index in [1.807, 2.05) is 0 Å². The number of benzene rings is 1. The molecule has 26 heavy (non-hydrogen) atoms. The van der Waals surface area contributed by atoms with Crippen molar-refractivity contribution in [3.63, 3.8) is 0 Å². The van der Waals surface area contributed by atoms with Crippen LogP contribution in [0.1, 0.15) is 20.8 Å². The third kappa shape index (κ3) is 3.44. The van der Waals surface area contributed by atoms with Gasteiger partial charge in [0.2, 0.25) is 5.75 Å². The van der Waals surface area contributed by atoms with Gasteiger partial charge in [0.15, 0.2) is 11.5 Å². The summed E-state index contributed by atoms with van der Waals surface area (Å²) in [5.74, 6) is -3.05. The van der Waals surface area contributed by atoms with E-state index in [4.69, 9.17) is 16.7 Å². The summed E-state index contributed by atoms with van der Waals surface area (Å²) in [5.41, 5.74) is -1.12. The number of nitrogens with one attached hydrogen (secondary N) is 2.